The Kier molecular flexibility index (Phi) is 6.55. The minimum absolute atomic E-state index is 0.150. The number of carbonyl (C=O) groups excluding carboxylic acids is 1. The molecular weight excluding hydrogens is 445 g/mol. The van der Waals surface area contributed by atoms with Crippen LogP contribution >= 0.6 is 35.0 Å². The summed E-state index contributed by atoms with van der Waals surface area (Å²) in [5.74, 6) is 1.54. The zero-order valence-corrected chi connectivity index (χ0v) is 18.7. The van der Waals surface area contributed by atoms with Crippen LogP contribution in [0.2, 0.25) is 10.0 Å². The molecule has 0 saturated carbocycles. The second-order valence-corrected chi connectivity index (χ2v) is 8.76. The Hall–Kier alpha value is -2.16. The Bertz CT molecular complexity index is 1030. The minimum atomic E-state index is -0.218. The highest BCUT2D eigenvalue weighted by Gasteiger charge is 2.23. The van der Waals surface area contributed by atoms with Crippen molar-refractivity contribution in [3.8, 4) is 0 Å². The van der Waals surface area contributed by atoms with Gasteiger partial charge >= 0.3 is 0 Å². The first kappa shape index (κ1) is 21.1. The van der Waals surface area contributed by atoms with Gasteiger partial charge < -0.3 is 14.6 Å². The molecule has 1 fully saturated rings. The first-order valence-corrected chi connectivity index (χ1v) is 11.3. The standard InChI is InChI=1S/C20H21Cl2N5O2S/c1-13-6-7-15(21)18(17(13)22)23-16(28)12-30-20-25-24-19(26-8-2-3-9-26)27(20)11-14-5-4-10-29-14/h4-7,10H,2-3,8-9,11-12H2,1H3,(H,23,28). The summed E-state index contributed by atoms with van der Waals surface area (Å²) in [6.45, 7) is 4.27. The van der Waals surface area contributed by atoms with Crippen LogP contribution in [0, 0.1) is 6.92 Å². The number of hydrogen-bond acceptors (Lipinski definition) is 6. The summed E-state index contributed by atoms with van der Waals surface area (Å²) in [7, 11) is 0. The van der Waals surface area contributed by atoms with Gasteiger partial charge in [0.2, 0.25) is 11.9 Å². The summed E-state index contributed by atoms with van der Waals surface area (Å²) in [6.07, 6.45) is 3.91. The van der Waals surface area contributed by atoms with E-state index in [9.17, 15) is 4.79 Å². The van der Waals surface area contributed by atoms with Gasteiger partial charge in [-0.15, -0.1) is 10.2 Å². The number of furan rings is 1. The summed E-state index contributed by atoms with van der Waals surface area (Å²) in [4.78, 5) is 14.8. The molecule has 1 saturated heterocycles. The van der Waals surface area contributed by atoms with E-state index in [0.717, 1.165) is 43.2 Å². The number of thioether (sulfide) groups is 1. The fraction of sp³-hybridized carbons (Fsp3) is 0.350. The summed E-state index contributed by atoms with van der Waals surface area (Å²) < 4.78 is 7.50. The van der Waals surface area contributed by atoms with Crippen LogP contribution in [0.1, 0.15) is 24.2 Å². The average Bonchev–Trinajstić information content (AvgIpc) is 3.49. The number of anilines is 2. The van der Waals surface area contributed by atoms with Gasteiger partial charge in [-0.2, -0.15) is 0 Å². The van der Waals surface area contributed by atoms with E-state index in [1.807, 2.05) is 29.7 Å². The molecule has 0 radical (unpaired) electrons. The van der Waals surface area contributed by atoms with E-state index in [2.05, 4.69) is 20.4 Å². The van der Waals surface area contributed by atoms with E-state index in [1.54, 1.807) is 12.3 Å². The second kappa shape index (κ2) is 9.32. The maximum absolute atomic E-state index is 12.6. The summed E-state index contributed by atoms with van der Waals surface area (Å²) in [5, 5.41) is 13.0. The van der Waals surface area contributed by atoms with Gasteiger partial charge in [0.1, 0.15) is 5.76 Å². The van der Waals surface area contributed by atoms with E-state index in [-0.39, 0.29) is 11.7 Å². The van der Waals surface area contributed by atoms with Crippen molar-refractivity contribution in [1.82, 2.24) is 14.8 Å². The van der Waals surface area contributed by atoms with Gasteiger partial charge in [-0.1, -0.05) is 41.0 Å². The van der Waals surface area contributed by atoms with E-state index in [0.29, 0.717) is 27.4 Å². The second-order valence-electron chi connectivity index (χ2n) is 7.03. The minimum Gasteiger partial charge on any atom is -0.467 e. The molecule has 2 aromatic heterocycles. The van der Waals surface area contributed by atoms with Gasteiger partial charge in [-0.05, 0) is 43.5 Å². The lowest BCUT2D eigenvalue weighted by Crippen LogP contribution is -2.23. The number of nitrogens with zero attached hydrogens (tertiary/aromatic N) is 4. The molecule has 0 atom stereocenters. The number of hydrogen-bond donors (Lipinski definition) is 1. The molecule has 1 aliphatic rings. The highest BCUT2D eigenvalue weighted by Crippen LogP contribution is 2.33. The SMILES string of the molecule is Cc1ccc(Cl)c(NC(=O)CSc2nnc(N3CCCC3)n2Cc2ccco2)c1Cl. The van der Waals surface area contributed by atoms with Crippen LogP contribution in [0.4, 0.5) is 11.6 Å². The van der Waals surface area contributed by atoms with Gasteiger partial charge in [0.15, 0.2) is 5.16 Å². The molecule has 1 N–H and O–H groups in total. The zero-order chi connectivity index (χ0) is 21.1. The molecule has 1 aliphatic heterocycles. The third-order valence-corrected chi connectivity index (χ3v) is 6.63. The van der Waals surface area contributed by atoms with Crippen molar-refractivity contribution >= 4 is 52.5 Å². The molecule has 158 valence electrons. The number of aryl methyl sites for hydroxylation is 1. The lowest BCUT2D eigenvalue weighted by atomic mass is 10.2. The Morgan fingerprint density at radius 3 is 2.77 bits per heavy atom. The Balaban J connectivity index is 1.49. The summed E-state index contributed by atoms with van der Waals surface area (Å²) in [6, 6.07) is 7.29. The number of rotatable bonds is 7. The number of nitrogens with one attached hydrogen (secondary N) is 1. The molecule has 0 spiro atoms. The van der Waals surface area contributed by atoms with Crippen LogP contribution < -0.4 is 10.2 Å². The van der Waals surface area contributed by atoms with Crippen molar-refractivity contribution in [3.05, 3.63) is 51.9 Å². The number of amides is 1. The number of carbonyl (C=O) groups is 1. The number of halogens is 2. The van der Waals surface area contributed by atoms with E-state index >= 15 is 0 Å². The normalized spacial score (nSPS) is 13.8. The number of benzene rings is 1. The molecule has 1 amide bonds. The molecule has 30 heavy (non-hydrogen) atoms. The smallest absolute Gasteiger partial charge is 0.234 e. The average molecular weight is 466 g/mol. The monoisotopic (exact) mass is 465 g/mol. The first-order valence-electron chi connectivity index (χ1n) is 9.60. The maximum atomic E-state index is 12.6. The lowest BCUT2D eigenvalue weighted by molar-refractivity contribution is -0.113. The fourth-order valence-electron chi connectivity index (χ4n) is 3.31. The molecule has 10 heteroatoms. The van der Waals surface area contributed by atoms with Crippen molar-refractivity contribution in [2.24, 2.45) is 0 Å². The zero-order valence-electron chi connectivity index (χ0n) is 16.4. The van der Waals surface area contributed by atoms with Crippen LogP contribution in [0.5, 0.6) is 0 Å². The maximum Gasteiger partial charge on any atom is 0.234 e. The third-order valence-electron chi connectivity index (χ3n) is 4.86. The predicted octanol–water partition coefficient (Wildman–Crippen LogP) is 4.87. The van der Waals surface area contributed by atoms with Crippen LogP contribution in [-0.2, 0) is 11.3 Å². The van der Waals surface area contributed by atoms with Gasteiger partial charge in [0.25, 0.3) is 0 Å². The fourth-order valence-corrected chi connectivity index (χ4v) is 4.51. The topological polar surface area (TPSA) is 76.2 Å². The third kappa shape index (κ3) is 4.61. The van der Waals surface area contributed by atoms with Gasteiger partial charge in [0.05, 0.1) is 34.3 Å². The first-order chi connectivity index (χ1) is 14.5. The largest absolute Gasteiger partial charge is 0.467 e. The Morgan fingerprint density at radius 1 is 1.23 bits per heavy atom. The molecule has 7 nitrogen and oxygen atoms in total. The molecule has 0 bridgehead atoms. The molecule has 3 heterocycles. The van der Waals surface area contributed by atoms with Crippen molar-refractivity contribution in [1.29, 1.82) is 0 Å². The number of aromatic nitrogens is 3. The van der Waals surface area contributed by atoms with Gasteiger partial charge in [-0.3, -0.25) is 9.36 Å². The Morgan fingerprint density at radius 2 is 2.03 bits per heavy atom. The van der Waals surface area contributed by atoms with Crippen LogP contribution in [0.15, 0.2) is 40.1 Å². The van der Waals surface area contributed by atoms with Crippen LogP contribution in [0.3, 0.4) is 0 Å². The molecule has 0 aliphatic carbocycles. The van der Waals surface area contributed by atoms with Gasteiger partial charge in [-0.25, -0.2) is 0 Å². The quantitative estimate of drug-likeness (QED) is 0.501. The van der Waals surface area contributed by atoms with Crippen LogP contribution in [0.25, 0.3) is 0 Å². The molecule has 1 aromatic carbocycles. The van der Waals surface area contributed by atoms with Crippen LogP contribution in [-0.4, -0.2) is 39.5 Å². The van der Waals surface area contributed by atoms with E-state index < -0.39 is 0 Å². The van der Waals surface area contributed by atoms with Crippen molar-refractivity contribution in [2.45, 2.75) is 31.5 Å². The molecule has 4 rings (SSSR count). The highest BCUT2D eigenvalue weighted by molar-refractivity contribution is 7.99. The highest BCUT2D eigenvalue weighted by atomic mass is 35.5. The predicted molar refractivity (Wildman–Crippen MR) is 120 cm³/mol. The molecular formula is C20H21Cl2N5O2S. The Labute approximate surface area is 188 Å². The summed E-state index contributed by atoms with van der Waals surface area (Å²) in [5.41, 5.74) is 1.27. The van der Waals surface area contributed by atoms with Crippen molar-refractivity contribution < 1.29 is 9.21 Å². The van der Waals surface area contributed by atoms with E-state index in [4.69, 9.17) is 27.6 Å². The van der Waals surface area contributed by atoms with Crippen molar-refractivity contribution in [3.63, 3.8) is 0 Å². The molecule has 0 unspecified atom stereocenters. The lowest BCUT2D eigenvalue weighted by Gasteiger charge is -2.17. The van der Waals surface area contributed by atoms with E-state index in [1.165, 1.54) is 11.8 Å². The van der Waals surface area contributed by atoms with Gasteiger partial charge in [0, 0.05) is 13.1 Å². The molecule has 3 aromatic rings. The summed E-state index contributed by atoms with van der Waals surface area (Å²) >= 11 is 13.8. The van der Waals surface area contributed by atoms with Crippen molar-refractivity contribution in [2.75, 3.05) is 29.1 Å².